The second-order valence-electron chi connectivity index (χ2n) is 21.0. The van der Waals surface area contributed by atoms with Crippen molar-refractivity contribution in [1.82, 2.24) is 28.7 Å². The lowest BCUT2D eigenvalue weighted by molar-refractivity contribution is 1.07. The minimum absolute atomic E-state index is 0.548. The van der Waals surface area contributed by atoms with Crippen LogP contribution in [0.15, 0.2) is 285 Å². The Balaban J connectivity index is 1.04. The standard InChI is InChI=1S/C76H47N7/c77-48-54-25-7-8-30-58(54)53-41-42-72-66(45-53)63-35-13-18-40-71(63)83(72)73-64(51-26-19-28-56(43-51)81-67-36-14-9-31-59(67)60-32-10-15-37-68(60)81)46-55(76-79-74(49-21-3-1-4-22-49)78-75(80-76)50-23-5-2-6-24-50)47-65(73)52-27-20-29-57(44-52)82-69-38-16-11-33-61(69)62-34-12-17-39-70(62)82/h1-47H. The number of nitriles is 1. The summed E-state index contributed by atoms with van der Waals surface area (Å²) in [7, 11) is 0. The molecule has 4 heterocycles. The molecule has 7 nitrogen and oxygen atoms in total. The Labute approximate surface area is 478 Å². The number of aromatic nitrogens is 6. The number of para-hydroxylation sites is 5. The predicted molar refractivity (Wildman–Crippen MR) is 340 cm³/mol. The highest BCUT2D eigenvalue weighted by Crippen LogP contribution is 2.46. The highest BCUT2D eigenvalue weighted by atomic mass is 15.0. The highest BCUT2D eigenvalue weighted by Gasteiger charge is 2.25. The molecule has 12 aromatic carbocycles. The molecule has 7 heteroatoms. The second-order valence-corrected chi connectivity index (χ2v) is 21.0. The SMILES string of the molecule is N#Cc1ccccc1-c1ccc2c(c1)c1ccccc1n2-c1c(-c2cccc(-n3c4ccccc4c4ccccc43)c2)cc(-c2nc(-c3ccccc3)nc(-c3ccccc3)n2)cc1-c1cccc(-n2c3ccccc3c3ccccc32)c1. The maximum absolute atomic E-state index is 10.3. The van der Waals surface area contributed by atoms with Crippen molar-refractivity contribution >= 4 is 65.4 Å². The maximum atomic E-state index is 10.3. The molecule has 0 N–H and O–H groups in total. The number of fused-ring (bicyclic) bond motifs is 9. The lowest BCUT2D eigenvalue weighted by atomic mass is 9.92. The van der Waals surface area contributed by atoms with Crippen molar-refractivity contribution in [3.63, 3.8) is 0 Å². The monoisotopic (exact) mass is 1060 g/mol. The van der Waals surface area contributed by atoms with E-state index in [0.717, 1.165) is 111 Å². The van der Waals surface area contributed by atoms with Gasteiger partial charge in [-0.15, -0.1) is 0 Å². The van der Waals surface area contributed by atoms with Crippen molar-refractivity contribution in [1.29, 1.82) is 5.26 Å². The lowest BCUT2D eigenvalue weighted by Gasteiger charge is -2.22. The van der Waals surface area contributed by atoms with Gasteiger partial charge in [0.05, 0.1) is 50.4 Å². The average Bonchev–Trinajstić information content (AvgIpc) is 4.03. The van der Waals surface area contributed by atoms with Crippen LogP contribution in [0.2, 0.25) is 0 Å². The number of hydrogen-bond acceptors (Lipinski definition) is 4. The molecule has 0 fully saturated rings. The third kappa shape index (κ3) is 7.84. The normalized spacial score (nSPS) is 11.6. The van der Waals surface area contributed by atoms with E-state index in [4.69, 9.17) is 15.0 Å². The van der Waals surface area contributed by atoms with E-state index in [1.54, 1.807) is 0 Å². The van der Waals surface area contributed by atoms with Gasteiger partial charge in [0.15, 0.2) is 17.5 Å². The maximum Gasteiger partial charge on any atom is 0.164 e. The summed E-state index contributed by atoms with van der Waals surface area (Å²) >= 11 is 0. The molecule has 16 rings (SSSR count). The minimum atomic E-state index is 0.548. The molecule has 0 amide bonds. The summed E-state index contributed by atoms with van der Waals surface area (Å²) < 4.78 is 7.23. The molecule has 0 bridgehead atoms. The topological polar surface area (TPSA) is 77.2 Å². The van der Waals surface area contributed by atoms with E-state index in [2.05, 4.69) is 244 Å². The summed E-state index contributed by atoms with van der Waals surface area (Å²) in [6.45, 7) is 0. The van der Waals surface area contributed by atoms with Crippen molar-refractivity contribution in [2.75, 3.05) is 0 Å². The van der Waals surface area contributed by atoms with Crippen LogP contribution in [0.5, 0.6) is 0 Å². The van der Waals surface area contributed by atoms with Crippen LogP contribution in [0.3, 0.4) is 0 Å². The fourth-order valence-electron chi connectivity index (χ4n) is 12.6. The summed E-state index contributed by atoms with van der Waals surface area (Å²) in [5.74, 6) is 1.71. The van der Waals surface area contributed by atoms with Gasteiger partial charge in [-0.2, -0.15) is 5.26 Å². The molecule has 0 saturated carbocycles. The zero-order valence-corrected chi connectivity index (χ0v) is 44.8. The van der Waals surface area contributed by atoms with Crippen LogP contribution in [-0.2, 0) is 0 Å². The zero-order valence-electron chi connectivity index (χ0n) is 44.8. The van der Waals surface area contributed by atoms with Gasteiger partial charge in [-0.25, -0.2) is 15.0 Å². The van der Waals surface area contributed by atoms with Gasteiger partial charge in [0.1, 0.15) is 0 Å². The fraction of sp³-hybridized carbons (Fsp3) is 0. The van der Waals surface area contributed by atoms with Crippen LogP contribution >= 0.6 is 0 Å². The first kappa shape index (κ1) is 47.5. The summed E-state index contributed by atoms with van der Waals surface area (Å²) in [4.78, 5) is 16.0. The fourth-order valence-corrected chi connectivity index (χ4v) is 12.6. The van der Waals surface area contributed by atoms with E-state index < -0.39 is 0 Å². The van der Waals surface area contributed by atoms with Crippen LogP contribution < -0.4 is 0 Å². The van der Waals surface area contributed by atoms with Gasteiger partial charge in [0, 0.05) is 71.5 Å². The van der Waals surface area contributed by atoms with Crippen LogP contribution in [0.1, 0.15) is 5.56 Å². The van der Waals surface area contributed by atoms with E-state index in [1.807, 2.05) is 60.7 Å². The minimum Gasteiger partial charge on any atom is -0.309 e. The first-order valence-electron chi connectivity index (χ1n) is 27.9. The van der Waals surface area contributed by atoms with Crippen LogP contribution in [0, 0.1) is 11.3 Å². The molecule has 0 spiro atoms. The largest absolute Gasteiger partial charge is 0.309 e. The van der Waals surface area contributed by atoms with Crippen molar-refractivity contribution in [2.24, 2.45) is 0 Å². The van der Waals surface area contributed by atoms with Gasteiger partial charge in [-0.05, 0) is 107 Å². The smallest absolute Gasteiger partial charge is 0.164 e. The number of benzene rings is 12. The van der Waals surface area contributed by atoms with Crippen molar-refractivity contribution in [3.8, 4) is 90.7 Å². The van der Waals surface area contributed by atoms with Gasteiger partial charge in [-0.3, -0.25) is 0 Å². The summed E-state index contributed by atoms with van der Waals surface area (Å²) in [5, 5.41) is 17.3. The van der Waals surface area contributed by atoms with Crippen molar-refractivity contribution in [3.05, 3.63) is 291 Å². The van der Waals surface area contributed by atoms with Crippen LogP contribution in [0.4, 0.5) is 0 Å². The first-order valence-corrected chi connectivity index (χ1v) is 27.9. The van der Waals surface area contributed by atoms with E-state index in [0.29, 0.717) is 23.0 Å². The summed E-state index contributed by atoms with van der Waals surface area (Å²) in [6.07, 6.45) is 0. The molecule has 0 unspecified atom stereocenters. The number of rotatable bonds is 9. The Kier molecular flexibility index (Phi) is 11.1. The van der Waals surface area contributed by atoms with Crippen molar-refractivity contribution in [2.45, 2.75) is 0 Å². The molecule has 0 aliphatic rings. The van der Waals surface area contributed by atoms with Crippen molar-refractivity contribution < 1.29 is 0 Å². The molecule has 0 saturated heterocycles. The molecule has 4 aromatic heterocycles. The number of nitrogens with zero attached hydrogens (tertiary/aromatic N) is 7. The Bertz CT molecular complexity index is 4950. The third-order valence-electron chi connectivity index (χ3n) is 16.3. The van der Waals surface area contributed by atoms with Crippen LogP contribution in [-0.4, -0.2) is 28.7 Å². The van der Waals surface area contributed by atoms with E-state index >= 15 is 0 Å². The van der Waals surface area contributed by atoms with E-state index in [1.165, 1.54) is 21.5 Å². The van der Waals surface area contributed by atoms with E-state index in [-0.39, 0.29) is 0 Å². The van der Waals surface area contributed by atoms with Gasteiger partial charge >= 0.3 is 0 Å². The van der Waals surface area contributed by atoms with E-state index in [9.17, 15) is 5.26 Å². The second kappa shape index (κ2) is 19.4. The average molecular weight is 1060 g/mol. The molecule has 0 radical (unpaired) electrons. The molecule has 0 aliphatic heterocycles. The quantitative estimate of drug-likeness (QED) is 0.144. The number of hydrogen-bond donors (Lipinski definition) is 0. The van der Waals surface area contributed by atoms with Gasteiger partial charge in [0.25, 0.3) is 0 Å². The molecule has 83 heavy (non-hydrogen) atoms. The summed E-state index contributed by atoms with van der Waals surface area (Å²) in [6, 6.07) is 103. The van der Waals surface area contributed by atoms with Gasteiger partial charge in [-0.1, -0.05) is 200 Å². The third-order valence-corrected chi connectivity index (χ3v) is 16.3. The van der Waals surface area contributed by atoms with Crippen LogP contribution in [0.25, 0.3) is 150 Å². The molecule has 0 atom stereocenters. The Hall–Kier alpha value is -11.5. The van der Waals surface area contributed by atoms with Gasteiger partial charge in [0.2, 0.25) is 0 Å². The van der Waals surface area contributed by atoms with Gasteiger partial charge < -0.3 is 13.7 Å². The Morgan fingerprint density at radius 1 is 0.253 bits per heavy atom. The Morgan fingerprint density at radius 3 is 1.08 bits per heavy atom. The molecule has 386 valence electrons. The molecular weight excluding hydrogens is 1010 g/mol. The molecule has 0 aliphatic carbocycles. The first-order chi connectivity index (χ1) is 41.1. The highest BCUT2D eigenvalue weighted by molar-refractivity contribution is 6.13. The molecule has 16 aromatic rings. The molecular formula is C76H47N7. The predicted octanol–water partition coefficient (Wildman–Crippen LogP) is 19.0. The Morgan fingerprint density at radius 2 is 0.614 bits per heavy atom. The summed E-state index contributed by atoms with van der Waals surface area (Å²) in [5.41, 5.74) is 18.7. The zero-order chi connectivity index (χ0) is 55.0. The lowest BCUT2D eigenvalue weighted by Crippen LogP contribution is -2.05.